The fraction of sp³-hybridized carbons (Fsp3) is 0.600. The van der Waals surface area contributed by atoms with Crippen LogP contribution in [-0.4, -0.2) is 51.4 Å². The Bertz CT molecular complexity index is 1220. The molecule has 192 valence electrons. The second-order valence-corrected chi connectivity index (χ2v) is 11.9. The lowest BCUT2D eigenvalue weighted by atomic mass is 9.91. The summed E-state index contributed by atoms with van der Waals surface area (Å²) in [5, 5.41) is 14.3. The predicted molar refractivity (Wildman–Crippen MR) is 139 cm³/mol. The average molecular weight is 532 g/mol. The first kappa shape index (κ1) is 23.8. The molecule has 2 aromatic rings. The summed E-state index contributed by atoms with van der Waals surface area (Å²) < 4.78 is 21.0. The summed E-state index contributed by atoms with van der Waals surface area (Å²) in [4.78, 5) is 27.4. The maximum Gasteiger partial charge on any atom is 0.254 e. The molecule has 0 aliphatic heterocycles. The first-order valence-corrected chi connectivity index (χ1v) is 14.0. The fourth-order valence-electron chi connectivity index (χ4n) is 4.65. The van der Waals surface area contributed by atoms with Crippen LogP contribution in [0.3, 0.4) is 0 Å². The van der Waals surface area contributed by atoms with Gasteiger partial charge in [0.15, 0.2) is 0 Å². The zero-order valence-corrected chi connectivity index (χ0v) is 21.8. The number of fused-ring (bicyclic) bond motifs is 1. The van der Waals surface area contributed by atoms with Gasteiger partial charge < -0.3 is 20.7 Å². The van der Waals surface area contributed by atoms with Gasteiger partial charge >= 0.3 is 0 Å². The van der Waals surface area contributed by atoms with Gasteiger partial charge in [-0.3, -0.25) is 14.3 Å². The van der Waals surface area contributed by atoms with Crippen molar-refractivity contribution in [3.63, 3.8) is 0 Å². The number of thiocarbonyl (C=S) groups is 1. The van der Waals surface area contributed by atoms with Crippen LogP contribution in [0, 0.1) is 11.8 Å². The van der Waals surface area contributed by atoms with Crippen molar-refractivity contribution in [1.82, 2.24) is 20.4 Å². The van der Waals surface area contributed by atoms with E-state index in [9.17, 15) is 14.0 Å². The molecular formula is C25H30FN5O3S2. The van der Waals surface area contributed by atoms with Crippen LogP contribution in [0.5, 0.6) is 5.88 Å². The smallest absolute Gasteiger partial charge is 0.254 e. The number of alkyl halides is 1. The Morgan fingerprint density at radius 1 is 1.28 bits per heavy atom. The average Bonchev–Trinajstić information content (AvgIpc) is 3.75. The molecule has 3 atom stereocenters. The first-order valence-electron chi connectivity index (χ1n) is 12.7. The first-order chi connectivity index (χ1) is 17.4. The minimum Gasteiger partial charge on any atom is -0.473 e. The molecule has 6 rings (SSSR count). The molecule has 2 heterocycles. The van der Waals surface area contributed by atoms with Crippen LogP contribution in [0.2, 0.25) is 0 Å². The number of thiophene rings is 1. The van der Waals surface area contributed by atoms with Gasteiger partial charge in [-0.05, 0) is 62.8 Å². The number of carbonyl (C=O) groups excluding carboxylic acids is 2. The topological polar surface area (TPSA) is 97.3 Å². The van der Waals surface area contributed by atoms with Gasteiger partial charge in [0, 0.05) is 30.6 Å². The number of aryl methyl sites for hydroxylation is 2. The van der Waals surface area contributed by atoms with E-state index in [0.29, 0.717) is 40.3 Å². The highest BCUT2D eigenvalue weighted by Gasteiger charge is 2.44. The summed E-state index contributed by atoms with van der Waals surface area (Å²) in [5.41, 5.74) is 2.26. The van der Waals surface area contributed by atoms with Crippen molar-refractivity contribution < 1.29 is 18.7 Å². The number of nitrogens with zero attached hydrogens (tertiary/aromatic N) is 2. The highest BCUT2D eigenvalue weighted by atomic mass is 32.1. The molecule has 3 saturated carbocycles. The Kier molecular flexibility index (Phi) is 6.23. The number of hydrogen-bond donors (Lipinski definition) is 3. The van der Waals surface area contributed by atoms with Gasteiger partial charge in [0.1, 0.15) is 22.3 Å². The molecule has 0 aromatic carbocycles. The minimum atomic E-state index is -1.08. The molecule has 0 saturated heterocycles. The van der Waals surface area contributed by atoms with Crippen molar-refractivity contribution >= 4 is 45.4 Å². The molecule has 11 heteroatoms. The summed E-state index contributed by atoms with van der Waals surface area (Å²) in [5.74, 6) is 0.0161. The molecule has 2 amide bonds. The van der Waals surface area contributed by atoms with E-state index in [0.717, 1.165) is 54.7 Å². The number of halogens is 1. The van der Waals surface area contributed by atoms with Crippen molar-refractivity contribution in [2.45, 2.75) is 69.7 Å². The molecule has 0 spiro atoms. The van der Waals surface area contributed by atoms with E-state index >= 15 is 0 Å². The van der Waals surface area contributed by atoms with Crippen LogP contribution in [0.1, 0.15) is 65.0 Å². The third-order valence-corrected chi connectivity index (χ3v) is 8.79. The Morgan fingerprint density at radius 2 is 2.06 bits per heavy atom. The molecule has 2 aromatic heterocycles. The van der Waals surface area contributed by atoms with Crippen molar-refractivity contribution in [3.05, 3.63) is 27.8 Å². The standard InChI is InChI=1S/C25H30FN5O3S2/c1-31-18(10-20(30-31)34-14-5-6-14)24(35)28-13-4-7-19-16(8-13)21(23(33)27-11-12-2-3-12)25(36-19)29-22(32)15-9-17(15)26/h10,12-15,17H,2-9,11H2,1H3,(H,27,33)(H,28,35)(H,29,32)/t13-,15-,17-/m0/s1. The third-order valence-electron chi connectivity index (χ3n) is 7.26. The van der Waals surface area contributed by atoms with Gasteiger partial charge in [-0.15, -0.1) is 16.4 Å². The van der Waals surface area contributed by atoms with Crippen LogP contribution >= 0.6 is 23.6 Å². The van der Waals surface area contributed by atoms with E-state index in [2.05, 4.69) is 21.0 Å². The molecule has 0 radical (unpaired) electrons. The Labute approximate surface area is 218 Å². The van der Waals surface area contributed by atoms with Gasteiger partial charge in [-0.2, -0.15) is 0 Å². The maximum atomic E-state index is 13.5. The second kappa shape index (κ2) is 9.41. The normalized spacial score (nSPS) is 24.6. The minimum absolute atomic E-state index is 0.0412. The summed E-state index contributed by atoms with van der Waals surface area (Å²) >= 11 is 7.15. The molecular weight excluding hydrogens is 501 g/mol. The molecule has 0 unspecified atom stereocenters. The summed E-state index contributed by atoms with van der Waals surface area (Å²) in [6, 6.07) is 1.91. The lowest BCUT2D eigenvalue weighted by Gasteiger charge is -2.25. The van der Waals surface area contributed by atoms with Gasteiger partial charge in [0.05, 0.1) is 17.2 Å². The monoisotopic (exact) mass is 531 g/mol. The number of anilines is 1. The van der Waals surface area contributed by atoms with E-state index in [4.69, 9.17) is 17.0 Å². The van der Waals surface area contributed by atoms with E-state index in [1.165, 1.54) is 11.3 Å². The molecule has 3 fully saturated rings. The van der Waals surface area contributed by atoms with E-state index in [1.807, 2.05) is 13.1 Å². The highest BCUT2D eigenvalue weighted by molar-refractivity contribution is 7.80. The zero-order valence-electron chi connectivity index (χ0n) is 20.1. The number of rotatable bonds is 9. The fourth-order valence-corrected chi connectivity index (χ4v) is 6.25. The van der Waals surface area contributed by atoms with Crippen molar-refractivity contribution in [2.75, 3.05) is 11.9 Å². The van der Waals surface area contributed by atoms with Crippen molar-refractivity contribution in [2.24, 2.45) is 18.9 Å². The quantitative estimate of drug-likeness (QED) is 0.430. The Balaban J connectivity index is 1.18. The number of hydrogen-bond acceptors (Lipinski definition) is 6. The highest BCUT2D eigenvalue weighted by Crippen LogP contribution is 2.41. The predicted octanol–water partition coefficient (Wildman–Crippen LogP) is 3.28. The Hall–Kier alpha value is -2.53. The lowest BCUT2D eigenvalue weighted by molar-refractivity contribution is -0.117. The van der Waals surface area contributed by atoms with Crippen molar-refractivity contribution in [3.8, 4) is 5.88 Å². The van der Waals surface area contributed by atoms with Gasteiger partial charge in [0.25, 0.3) is 5.91 Å². The van der Waals surface area contributed by atoms with E-state index in [-0.39, 0.29) is 30.4 Å². The lowest BCUT2D eigenvalue weighted by Crippen LogP contribution is -2.39. The summed E-state index contributed by atoms with van der Waals surface area (Å²) in [6.45, 7) is 0.642. The molecule has 4 aliphatic carbocycles. The van der Waals surface area contributed by atoms with E-state index < -0.39 is 12.1 Å². The van der Waals surface area contributed by atoms with E-state index in [1.54, 1.807) is 4.68 Å². The molecule has 0 bridgehead atoms. The number of ether oxygens (including phenoxy) is 1. The number of amides is 2. The Morgan fingerprint density at radius 3 is 2.75 bits per heavy atom. The molecule has 3 N–H and O–H groups in total. The summed E-state index contributed by atoms with van der Waals surface area (Å²) in [6.07, 6.45) is 6.08. The maximum absolute atomic E-state index is 13.5. The van der Waals surface area contributed by atoms with Crippen LogP contribution in [0.25, 0.3) is 0 Å². The molecule has 36 heavy (non-hydrogen) atoms. The van der Waals surface area contributed by atoms with Crippen LogP contribution in [0.15, 0.2) is 6.07 Å². The molecule has 4 aliphatic rings. The second-order valence-electron chi connectivity index (χ2n) is 10.4. The largest absolute Gasteiger partial charge is 0.473 e. The van der Waals surface area contributed by atoms with Gasteiger partial charge in [-0.25, -0.2) is 4.39 Å². The van der Waals surface area contributed by atoms with Crippen LogP contribution in [-0.2, 0) is 24.7 Å². The van der Waals surface area contributed by atoms with Crippen LogP contribution in [0.4, 0.5) is 9.39 Å². The van der Waals surface area contributed by atoms with Crippen molar-refractivity contribution in [1.29, 1.82) is 0 Å². The number of nitrogens with one attached hydrogen (secondary N) is 3. The number of carbonyl (C=O) groups is 2. The zero-order chi connectivity index (χ0) is 25.0. The number of aromatic nitrogens is 2. The third kappa shape index (κ3) is 5.13. The summed E-state index contributed by atoms with van der Waals surface area (Å²) in [7, 11) is 1.85. The van der Waals surface area contributed by atoms with Gasteiger partial charge in [-0.1, -0.05) is 12.2 Å². The SMILES string of the molecule is Cn1nc(OC2CC2)cc1C(=S)N[C@H]1CCc2sc(NC(=O)[C@H]3C[C@@H]3F)c(C(=O)NCC3CC3)c2C1. The molecule has 8 nitrogen and oxygen atoms in total. The van der Waals surface area contributed by atoms with Gasteiger partial charge in [0.2, 0.25) is 11.8 Å². The van der Waals surface area contributed by atoms with Crippen LogP contribution < -0.4 is 20.7 Å².